The lowest BCUT2D eigenvalue weighted by atomic mass is 9.71. The SMILES string of the molecule is CCC1CCC(CNC2CC2)C(Cc2cccc(Br)c2)C1. The maximum absolute atomic E-state index is 3.78. The summed E-state index contributed by atoms with van der Waals surface area (Å²) in [7, 11) is 0. The lowest BCUT2D eigenvalue weighted by molar-refractivity contribution is 0.171. The molecule has 2 aliphatic carbocycles. The molecule has 3 atom stereocenters. The van der Waals surface area contributed by atoms with Crippen LogP contribution in [0.4, 0.5) is 0 Å². The summed E-state index contributed by atoms with van der Waals surface area (Å²) in [6, 6.07) is 9.76. The maximum Gasteiger partial charge on any atom is 0.0177 e. The van der Waals surface area contributed by atoms with E-state index in [0.29, 0.717) is 0 Å². The molecule has 1 nitrogen and oxygen atoms in total. The van der Waals surface area contributed by atoms with E-state index in [1.165, 1.54) is 61.5 Å². The molecule has 0 spiro atoms. The van der Waals surface area contributed by atoms with Gasteiger partial charge in [-0.1, -0.05) is 47.8 Å². The highest BCUT2D eigenvalue weighted by Gasteiger charge is 2.31. The number of halogens is 1. The second-order valence-electron chi connectivity index (χ2n) is 7.12. The Balaban J connectivity index is 1.63. The molecule has 0 amide bonds. The van der Waals surface area contributed by atoms with E-state index in [2.05, 4.69) is 52.4 Å². The molecule has 116 valence electrons. The Bertz CT molecular complexity index is 455. The van der Waals surface area contributed by atoms with Crippen molar-refractivity contribution in [3.8, 4) is 0 Å². The zero-order valence-electron chi connectivity index (χ0n) is 13.2. The van der Waals surface area contributed by atoms with Crippen molar-refractivity contribution in [2.45, 2.75) is 57.9 Å². The van der Waals surface area contributed by atoms with Crippen molar-refractivity contribution in [1.29, 1.82) is 0 Å². The normalized spacial score (nSPS) is 29.5. The van der Waals surface area contributed by atoms with E-state index >= 15 is 0 Å². The minimum Gasteiger partial charge on any atom is -0.314 e. The van der Waals surface area contributed by atoms with Crippen molar-refractivity contribution in [1.82, 2.24) is 5.32 Å². The van der Waals surface area contributed by atoms with E-state index in [0.717, 1.165) is 23.8 Å². The first-order chi connectivity index (χ1) is 10.2. The largest absolute Gasteiger partial charge is 0.314 e. The second-order valence-corrected chi connectivity index (χ2v) is 8.04. The fourth-order valence-electron chi connectivity index (χ4n) is 3.89. The number of rotatable bonds is 6. The third-order valence-corrected chi connectivity index (χ3v) is 5.95. The minimum atomic E-state index is 0.848. The molecule has 2 fully saturated rings. The van der Waals surface area contributed by atoms with Gasteiger partial charge in [0.25, 0.3) is 0 Å². The van der Waals surface area contributed by atoms with Gasteiger partial charge in [0.15, 0.2) is 0 Å². The van der Waals surface area contributed by atoms with Crippen LogP contribution in [0.3, 0.4) is 0 Å². The van der Waals surface area contributed by atoms with Crippen LogP contribution < -0.4 is 5.32 Å². The van der Waals surface area contributed by atoms with Crippen molar-refractivity contribution >= 4 is 15.9 Å². The average Bonchev–Trinajstić information content (AvgIpc) is 3.30. The van der Waals surface area contributed by atoms with Crippen LogP contribution in [0.25, 0.3) is 0 Å². The smallest absolute Gasteiger partial charge is 0.0177 e. The summed E-state index contributed by atoms with van der Waals surface area (Å²) < 4.78 is 1.22. The first kappa shape index (κ1) is 15.6. The topological polar surface area (TPSA) is 12.0 Å². The fourth-order valence-corrected chi connectivity index (χ4v) is 4.33. The average molecular weight is 350 g/mol. The van der Waals surface area contributed by atoms with Gasteiger partial charge in [0.05, 0.1) is 0 Å². The molecule has 2 saturated carbocycles. The zero-order chi connectivity index (χ0) is 14.7. The van der Waals surface area contributed by atoms with E-state index in [1.807, 2.05) is 0 Å². The molecule has 1 aromatic carbocycles. The Labute approximate surface area is 138 Å². The Morgan fingerprint density at radius 3 is 2.71 bits per heavy atom. The monoisotopic (exact) mass is 349 g/mol. The van der Waals surface area contributed by atoms with Crippen LogP contribution in [0.5, 0.6) is 0 Å². The van der Waals surface area contributed by atoms with Gasteiger partial charge in [-0.2, -0.15) is 0 Å². The molecule has 0 radical (unpaired) electrons. The summed E-state index contributed by atoms with van der Waals surface area (Å²) in [5.41, 5.74) is 1.50. The van der Waals surface area contributed by atoms with Gasteiger partial charge in [0.1, 0.15) is 0 Å². The molecule has 2 aliphatic rings. The Morgan fingerprint density at radius 1 is 1.14 bits per heavy atom. The van der Waals surface area contributed by atoms with Crippen molar-refractivity contribution in [3.05, 3.63) is 34.3 Å². The van der Waals surface area contributed by atoms with Crippen molar-refractivity contribution in [2.75, 3.05) is 6.54 Å². The van der Waals surface area contributed by atoms with Crippen LogP contribution in [0.2, 0.25) is 0 Å². The molecule has 1 aromatic rings. The van der Waals surface area contributed by atoms with Gasteiger partial charge in [0.2, 0.25) is 0 Å². The fraction of sp³-hybridized carbons (Fsp3) is 0.684. The van der Waals surface area contributed by atoms with Crippen LogP contribution in [0.1, 0.15) is 51.0 Å². The van der Waals surface area contributed by atoms with E-state index in [4.69, 9.17) is 0 Å². The lowest BCUT2D eigenvalue weighted by Gasteiger charge is -2.36. The van der Waals surface area contributed by atoms with Crippen LogP contribution in [-0.2, 0) is 6.42 Å². The van der Waals surface area contributed by atoms with E-state index in [-0.39, 0.29) is 0 Å². The summed E-state index contributed by atoms with van der Waals surface area (Å²) in [6.45, 7) is 3.61. The lowest BCUT2D eigenvalue weighted by Crippen LogP contribution is -2.35. The van der Waals surface area contributed by atoms with Crippen LogP contribution >= 0.6 is 15.9 Å². The van der Waals surface area contributed by atoms with Gasteiger partial charge in [-0.25, -0.2) is 0 Å². The predicted octanol–water partition coefficient (Wildman–Crippen LogP) is 5.19. The number of hydrogen-bond acceptors (Lipinski definition) is 1. The van der Waals surface area contributed by atoms with E-state index in [9.17, 15) is 0 Å². The molecule has 3 unspecified atom stereocenters. The first-order valence-corrected chi connectivity index (χ1v) is 9.51. The van der Waals surface area contributed by atoms with Crippen LogP contribution in [0.15, 0.2) is 28.7 Å². The van der Waals surface area contributed by atoms with Crippen LogP contribution in [-0.4, -0.2) is 12.6 Å². The van der Waals surface area contributed by atoms with Gasteiger partial charge >= 0.3 is 0 Å². The van der Waals surface area contributed by atoms with E-state index < -0.39 is 0 Å². The van der Waals surface area contributed by atoms with Gasteiger partial charge in [-0.3, -0.25) is 0 Å². The summed E-state index contributed by atoms with van der Waals surface area (Å²) in [6.07, 6.45) is 9.73. The van der Waals surface area contributed by atoms with Crippen molar-refractivity contribution < 1.29 is 0 Å². The Morgan fingerprint density at radius 2 is 2.00 bits per heavy atom. The summed E-state index contributed by atoms with van der Waals surface area (Å²) >= 11 is 3.61. The number of nitrogens with one attached hydrogen (secondary N) is 1. The highest BCUT2D eigenvalue weighted by molar-refractivity contribution is 9.10. The van der Waals surface area contributed by atoms with Gasteiger partial charge in [-0.15, -0.1) is 0 Å². The zero-order valence-corrected chi connectivity index (χ0v) is 14.7. The summed E-state index contributed by atoms with van der Waals surface area (Å²) in [5.74, 6) is 2.70. The van der Waals surface area contributed by atoms with Crippen molar-refractivity contribution in [2.24, 2.45) is 17.8 Å². The quantitative estimate of drug-likeness (QED) is 0.745. The molecule has 1 N–H and O–H groups in total. The molecule has 0 heterocycles. The molecule has 2 heteroatoms. The van der Waals surface area contributed by atoms with Crippen molar-refractivity contribution in [3.63, 3.8) is 0 Å². The number of benzene rings is 1. The third kappa shape index (κ3) is 4.56. The molecular formula is C19H28BrN. The van der Waals surface area contributed by atoms with E-state index in [1.54, 1.807) is 0 Å². The minimum absolute atomic E-state index is 0.848. The summed E-state index contributed by atoms with van der Waals surface area (Å²) in [4.78, 5) is 0. The number of hydrogen-bond donors (Lipinski definition) is 1. The molecule has 0 saturated heterocycles. The molecule has 21 heavy (non-hydrogen) atoms. The third-order valence-electron chi connectivity index (χ3n) is 5.46. The standard InChI is InChI=1S/C19H28BrN/c1-2-14-6-7-16(13-21-19-8-9-19)17(10-14)11-15-4-3-5-18(20)12-15/h3-5,12,14,16-17,19,21H,2,6-11,13H2,1H3. The highest BCUT2D eigenvalue weighted by Crippen LogP contribution is 2.37. The molecule has 0 bridgehead atoms. The van der Waals surface area contributed by atoms with Gasteiger partial charge < -0.3 is 5.32 Å². The predicted molar refractivity (Wildman–Crippen MR) is 93.5 cm³/mol. The summed E-state index contributed by atoms with van der Waals surface area (Å²) in [5, 5.41) is 3.78. The Kier molecular flexibility index (Phi) is 5.39. The van der Waals surface area contributed by atoms with Crippen LogP contribution in [0, 0.1) is 17.8 Å². The first-order valence-electron chi connectivity index (χ1n) is 8.72. The highest BCUT2D eigenvalue weighted by atomic mass is 79.9. The van der Waals surface area contributed by atoms with Gasteiger partial charge in [0, 0.05) is 10.5 Å². The molecular weight excluding hydrogens is 322 g/mol. The molecule has 0 aliphatic heterocycles. The molecule has 0 aromatic heterocycles. The maximum atomic E-state index is 3.78. The van der Waals surface area contributed by atoms with Gasteiger partial charge in [-0.05, 0) is 74.1 Å². The Hall–Kier alpha value is -0.340. The molecule has 3 rings (SSSR count). The second kappa shape index (κ2) is 7.28.